The second-order valence-electron chi connectivity index (χ2n) is 5.88. The molecule has 0 spiro atoms. The Morgan fingerprint density at radius 1 is 1.00 bits per heavy atom. The number of rotatable bonds is 1. The Labute approximate surface area is 86.0 Å². The van der Waals surface area contributed by atoms with Gasteiger partial charge in [0.05, 0.1) is 0 Å². The first kappa shape index (κ1) is 8.12. The minimum Gasteiger partial charge on any atom is -0.310 e. The second-order valence-corrected chi connectivity index (χ2v) is 5.88. The highest BCUT2D eigenvalue weighted by Gasteiger charge is 2.48. The molecule has 3 aliphatic heterocycles. The third-order valence-corrected chi connectivity index (χ3v) is 5.14. The van der Waals surface area contributed by atoms with Crippen LogP contribution in [0.15, 0.2) is 0 Å². The molecule has 0 aromatic rings. The van der Waals surface area contributed by atoms with Crippen LogP contribution in [0.4, 0.5) is 0 Å². The Morgan fingerprint density at radius 2 is 1.93 bits per heavy atom. The fraction of sp³-hybridized carbons (Fsp3) is 1.00. The summed E-state index contributed by atoms with van der Waals surface area (Å²) in [5.41, 5.74) is 0. The average molecular weight is 192 g/mol. The third-order valence-electron chi connectivity index (χ3n) is 5.14. The third kappa shape index (κ3) is 0.989. The lowest BCUT2D eigenvalue weighted by atomic mass is 9.78. The van der Waals surface area contributed by atoms with Crippen LogP contribution in [0.25, 0.3) is 0 Å². The summed E-state index contributed by atoms with van der Waals surface area (Å²) in [5.74, 6) is 1.07. The smallest absolute Gasteiger partial charge is 0.0253 e. The van der Waals surface area contributed by atoms with Gasteiger partial charge in [-0.2, -0.15) is 0 Å². The van der Waals surface area contributed by atoms with Crippen LogP contribution in [0.3, 0.4) is 0 Å². The molecular weight excluding hydrogens is 172 g/mol. The molecule has 0 amide bonds. The molecule has 5 unspecified atom stereocenters. The summed E-state index contributed by atoms with van der Waals surface area (Å²) in [5, 5.41) is 3.72. The number of likely N-dealkylation sites (tertiary alicyclic amines) is 1. The van der Waals surface area contributed by atoms with Crippen molar-refractivity contribution < 1.29 is 0 Å². The van der Waals surface area contributed by atoms with Crippen LogP contribution in [-0.2, 0) is 0 Å². The number of hydrogen-bond acceptors (Lipinski definition) is 2. The fourth-order valence-electron chi connectivity index (χ4n) is 4.39. The van der Waals surface area contributed by atoms with E-state index in [1.165, 1.54) is 45.1 Å². The summed E-state index contributed by atoms with van der Waals surface area (Å²) < 4.78 is 0. The van der Waals surface area contributed by atoms with E-state index in [0.717, 1.165) is 30.1 Å². The molecule has 5 aliphatic rings. The minimum absolute atomic E-state index is 0.869. The van der Waals surface area contributed by atoms with Gasteiger partial charge in [0.2, 0.25) is 0 Å². The molecule has 0 aromatic heterocycles. The molecule has 14 heavy (non-hydrogen) atoms. The lowest BCUT2D eigenvalue weighted by molar-refractivity contribution is 0.0295. The van der Waals surface area contributed by atoms with Crippen molar-refractivity contribution in [2.45, 2.75) is 62.7 Å². The topological polar surface area (TPSA) is 15.3 Å². The van der Waals surface area contributed by atoms with Gasteiger partial charge in [0.25, 0.3) is 0 Å². The molecule has 3 saturated heterocycles. The molecule has 0 aromatic carbocycles. The van der Waals surface area contributed by atoms with E-state index in [2.05, 4.69) is 10.2 Å². The fourth-order valence-corrected chi connectivity index (χ4v) is 4.39. The molecule has 3 heterocycles. The molecule has 2 aliphatic carbocycles. The zero-order chi connectivity index (χ0) is 9.12. The van der Waals surface area contributed by atoms with Crippen molar-refractivity contribution in [3.8, 4) is 0 Å². The van der Waals surface area contributed by atoms with E-state index < -0.39 is 0 Å². The first-order chi connectivity index (χ1) is 6.90. The molecule has 2 heteroatoms. The second kappa shape index (κ2) is 2.73. The Balaban J connectivity index is 1.52. The lowest BCUT2D eigenvalue weighted by Crippen LogP contribution is -2.67. The molecular formula is C12H20N2. The molecule has 1 N–H and O–H groups in total. The van der Waals surface area contributed by atoms with Gasteiger partial charge in [-0.25, -0.2) is 0 Å². The van der Waals surface area contributed by atoms with E-state index >= 15 is 0 Å². The van der Waals surface area contributed by atoms with E-state index in [0.29, 0.717) is 0 Å². The highest BCUT2D eigenvalue weighted by Crippen LogP contribution is 2.42. The van der Waals surface area contributed by atoms with Crippen molar-refractivity contribution in [1.82, 2.24) is 10.2 Å². The molecule has 4 bridgehead atoms. The summed E-state index contributed by atoms with van der Waals surface area (Å²) in [4.78, 5) is 2.86. The SMILES string of the molecule is C1CC2CC1CN2C1CCC2CC1N2. The van der Waals surface area contributed by atoms with Crippen molar-refractivity contribution in [3.63, 3.8) is 0 Å². The zero-order valence-electron chi connectivity index (χ0n) is 8.78. The van der Waals surface area contributed by atoms with E-state index in [4.69, 9.17) is 0 Å². The van der Waals surface area contributed by atoms with Crippen LogP contribution < -0.4 is 5.32 Å². The summed E-state index contributed by atoms with van der Waals surface area (Å²) in [6, 6.07) is 3.66. The van der Waals surface area contributed by atoms with Crippen LogP contribution in [0.1, 0.15) is 38.5 Å². The summed E-state index contributed by atoms with van der Waals surface area (Å²) in [7, 11) is 0. The highest BCUT2D eigenvalue weighted by atomic mass is 15.3. The predicted molar refractivity (Wildman–Crippen MR) is 56.2 cm³/mol. The van der Waals surface area contributed by atoms with Gasteiger partial charge in [0, 0.05) is 30.7 Å². The number of nitrogens with zero attached hydrogens (tertiary/aromatic N) is 1. The van der Waals surface area contributed by atoms with Crippen molar-refractivity contribution in [2.75, 3.05) is 6.54 Å². The monoisotopic (exact) mass is 192 g/mol. The standard InChI is InChI=1S/C12H20N2/c1-3-10-5-8(1)7-14(10)12-4-2-9-6-11(12)13-9/h8-13H,1-7H2. The summed E-state index contributed by atoms with van der Waals surface area (Å²) >= 11 is 0. The van der Waals surface area contributed by atoms with E-state index in [1.54, 1.807) is 0 Å². The predicted octanol–water partition coefficient (Wildman–Crippen LogP) is 1.36. The molecule has 5 fully saturated rings. The van der Waals surface area contributed by atoms with Crippen molar-refractivity contribution >= 4 is 0 Å². The van der Waals surface area contributed by atoms with Crippen molar-refractivity contribution in [2.24, 2.45) is 5.92 Å². The number of hydrogen-bond donors (Lipinski definition) is 1. The molecule has 0 radical (unpaired) electrons. The maximum absolute atomic E-state index is 3.72. The number of fused-ring (bicyclic) bond motifs is 4. The largest absolute Gasteiger partial charge is 0.310 e. The minimum atomic E-state index is 0.869. The van der Waals surface area contributed by atoms with Gasteiger partial charge in [-0.05, 0) is 44.4 Å². The van der Waals surface area contributed by atoms with Crippen LogP contribution in [0, 0.1) is 5.92 Å². The Kier molecular flexibility index (Phi) is 1.58. The summed E-state index contributed by atoms with van der Waals surface area (Å²) in [6.45, 7) is 1.43. The van der Waals surface area contributed by atoms with E-state index in [-0.39, 0.29) is 0 Å². The lowest BCUT2D eigenvalue weighted by Gasteiger charge is -2.52. The summed E-state index contributed by atoms with van der Waals surface area (Å²) in [6.07, 6.45) is 8.93. The van der Waals surface area contributed by atoms with Gasteiger partial charge < -0.3 is 5.32 Å². The maximum Gasteiger partial charge on any atom is 0.0253 e. The van der Waals surface area contributed by atoms with Crippen LogP contribution >= 0.6 is 0 Å². The highest BCUT2D eigenvalue weighted by molar-refractivity contribution is 5.06. The average Bonchev–Trinajstić information content (AvgIpc) is 2.77. The van der Waals surface area contributed by atoms with Crippen LogP contribution in [-0.4, -0.2) is 35.6 Å². The Hall–Kier alpha value is -0.0800. The molecule has 2 saturated carbocycles. The van der Waals surface area contributed by atoms with Gasteiger partial charge in [-0.15, -0.1) is 0 Å². The first-order valence-corrected chi connectivity index (χ1v) is 6.42. The molecule has 78 valence electrons. The Bertz CT molecular complexity index is 244. The normalized spacial score (nSPS) is 56.1. The maximum atomic E-state index is 3.72. The van der Waals surface area contributed by atoms with Gasteiger partial charge in [-0.3, -0.25) is 4.90 Å². The number of nitrogens with one attached hydrogen (secondary N) is 1. The van der Waals surface area contributed by atoms with Gasteiger partial charge >= 0.3 is 0 Å². The van der Waals surface area contributed by atoms with E-state index in [9.17, 15) is 0 Å². The zero-order valence-corrected chi connectivity index (χ0v) is 8.78. The van der Waals surface area contributed by atoms with E-state index in [1.807, 2.05) is 0 Å². The molecule has 5 rings (SSSR count). The Morgan fingerprint density at radius 3 is 2.50 bits per heavy atom. The van der Waals surface area contributed by atoms with Crippen molar-refractivity contribution in [3.05, 3.63) is 0 Å². The van der Waals surface area contributed by atoms with Gasteiger partial charge in [0.15, 0.2) is 0 Å². The number of piperidine rings is 2. The first-order valence-electron chi connectivity index (χ1n) is 6.42. The molecule has 2 nitrogen and oxygen atoms in total. The van der Waals surface area contributed by atoms with Crippen LogP contribution in [0.5, 0.6) is 0 Å². The quantitative estimate of drug-likeness (QED) is 0.675. The molecule has 5 atom stereocenters. The van der Waals surface area contributed by atoms with Crippen molar-refractivity contribution in [1.29, 1.82) is 0 Å². The van der Waals surface area contributed by atoms with Gasteiger partial charge in [0.1, 0.15) is 0 Å². The van der Waals surface area contributed by atoms with Crippen LogP contribution in [0.2, 0.25) is 0 Å². The van der Waals surface area contributed by atoms with Gasteiger partial charge in [-0.1, -0.05) is 0 Å².